The SMILES string of the molecule is CCc1nc2ccccc2n1C1CCN(C2CCCCN(CC(=O)O)C2=O)CC1. The molecule has 0 saturated carbocycles. The zero-order valence-corrected chi connectivity index (χ0v) is 17.1. The van der Waals surface area contributed by atoms with E-state index in [-0.39, 0.29) is 18.5 Å². The number of likely N-dealkylation sites (tertiary alicyclic amines) is 2. The summed E-state index contributed by atoms with van der Waals surface area (Å²) in [5.41, 5.74) is 2.25. The Morgan fingerprint density at radius 1 is 1.14 bits per heavy atom. The lowest BCUT2D eigenvalue weighted by atomic mass is 10.00. The first-order valence-electron chi connectivity index (χ1n) is 10.8. The number of fused-ring (bicyclic) bond motifs is 1. The summed E-state index contributed by atoms with van der Waals surface area (Å²) >= 11 is 0. The maximum atomic E-state index is 13.0. The number of carboxylic acids is 1. The molecule has 1 aromatic carbocycles. The molecule has 2 saturated heterocycles. The molecule has 1 unspecified atom stereocenters. The zero-order valence-electron chi connectivity index (χ0n) is 17.1. The van der Waals surface area contributed by atoms with Gasteiger partial charge in [-0.2, -0.15) is 0 Å². The minimum atomic E-state index is -0.934. The van der Waals surface area contributed by atoms with Gasteiger partial charge in [-0.1, -0.05) is 19.1 Å². The Morgan fingerprint density at radius 3 is 2.62 bits per heavy atom. The Kier molecular flexibility index (Phi) is 5.85. The molecule has 3 heterocycles. The molecule has 1 N–H and O–H groups in total. The Bertz CT molecular complexity index is 885. The number of para-hydroxylation sites is 2. The quantitative estimate of drug-likeness (QED) is 0.838. The summed E-state index contributed by atoms with van der Waals surface area (Å²) < 4.78 is 2.40. The standard InChI is InChI=1S/C22H30N4O3/c1-2-20-23-17-7-3-4-8-18(17)26(20)16-10-13-24(14-11-16)19-9-5-6-12-25(22(19)29)15-21(27)28/h3-4,7-8,16,19H,2,5-6,9-15H2,1H3,(H,27,28). The number of aromatic nitrogens is 2. The van der Waals surface area contributed by atoms with E-state index in [1.54, 1.807) is 0 Å². The number of aryl methyl sites for hydroxylation is 1. The topological polar surface area (TPSA) is 78.7 Å². The van der Waals surface area contributed by atoms with Gasteiger partial charge >= 0.3 is 5.97 Å². The number of nitrogens with zero attached hydrogens (tertiary/aromatic N) is 4. The van der Waals surface area contributed by atoms with Gasteiger partial charge in [0.2, 0.25) is 5.91 Å². The number of carbonyl (C=O) groups is 2. The molecule has 7 heteroatoms. The molecule has 1 amide bonds. The summed E-state index contributed by atoms with van der Waals surface area (Å²) in [7, 11) is 0. The third kappa shape index (κ3) is 4.01. The fourth-order valence-corrected chi connectivity index (χ4v) is 4.95. The lowest BCUT2D eigenvalue weighted by Crippen LogP contribution is -2.51. The van der Waals surface area contributed by atoms with Crippen LogP contribution in [0.1, 0.15) is 50.9 Å². The predicted molar refractivity (Wildman–Crippen MR) is 111 cm³/mol. The number of aliphatic carboxylic acids is 1. The van der Waals surface area contributed by atoms with E-state index in [0.29, 0.717) is 12.6 Å². The number of rotatable bonds is 5. The van der Waals surface area contributed by atoms with Crippen LogP contribution in [-0.2, 0) is 16.0 Å². The Labute approximate surface area is 171 Å². The molecule has 7 nitrogen and oxygen atoms in total. The van der Waals surface area contributed by atoms with E-state index >= 15 is 0 Å². The second-order valence-electron chi connectivity index (χ2n) is 8.17. The molecular weight excluding hydrogens is 368 g/mol. The van der Waals surface area contributed by atoms with E-state index < -0.39 is 5.97 Å². The number of imidazole rings is 1. The molecule has 2 fully saturated rings. The molecule has 29 heavy (non-hydrogen) atoms. The number of hydrogen-bond acceptors (Lipinski definition) is 4. The molecule has 2 aliphatic heterocycles. The molecule has 0 radical (unpaired) electrons. The molecule has 2 aromatic rings. The van der Waals surface area contributed by atoms with Gasteiger partial charge in [-0.25, -0.2) is 4.98 Å². The fraction of sp³-hybridized carbons (Fsp3) is 0.591. The molecule has 2 aliphatic rings. The number of carbonyl (C=O) groups excluding carboxylic acids is 1. The van der Waals surface area contributed by atoms with Crippen molar-refractivity contribution in [2.75, 3.05) is 26.2 Å². The van der Waals surface area contributed by atoms with Crippen molar-refractivity contribution in [3.8, 4) is 0 Å². The maximum absolute atomic E-state index is 13.0. The van der Waals surface area contributed by atoms with Gasteiger partial charge in [0.1, 0.15) is 12.4 Å². The van der Waals surface area contributed by atoms with Crippen LogP contribution >= 0.6 is 0 Å². The minimum Gasteiger partial charge on any atom is -0.480 e. The average Bonchev–Trinajstić information content (AvgIpc) is 3.01. The summed E-state index contributed by atoms with van der Waals surface area (Å²) in [6, 6.07) is 8.53. The number of piperidine rings is 1. The Morgan fingerprint density at radius 2 is 1.90 bits per heavy atom. The van der Waals surface area contributed by atoms with Gasteiger partial charge in [0.15, 0.2) is 0 Å². The van der Waals surface area contributed by atoms with E-state index in [9.17, 15) is 9.59 Å². The fourth-order valence-electron chi connectivity index (χ4n) is 4.95. The van der Waals surface area contributed by atoms with Crippen LogP contribution in [-0.4, -0.2) is 68.6 Å². The van der Waals surface area contributed by atoms with Crippen molar-refractivity contribution in [2.45, 2.75) is 57.5 Å². The lowest BCUT2D eigenvalue weighted by Gasteiger charge is -2.38. The highest BCUT2D eigenvalue weighted by molar-refractivity contribution is 5.85. The lowest BCUT2D eigenvalue weighted by molar-refractivity contribution is -0.146. The van der Waals surface area contributed by atoms with Crippen molar-refractivity contribution in [3.63, 3.8) is 0 Å². The van der Waals surface area contributed by atoms with Crippen LogP contribution in [0.5, 0.6) is 0 Å². The molecule has 1 atom stereocenters. The molecular formula is C22H30N4O3. The van der Waals surface area contributed by atoms with E-state index in [0.717, 1.165) is 63.0 Å². The number of hydrogen-bond donors (Lipinski definition) is 1. The van der Waals surface area contributed by atoms with Crippen LogP contribution in [0.15, 0.2) is 24.3 Å². The Balaban J connectivity index is 1.48. The monoisotopic (exact) mass is 398 g/mol. The van der Waals surface area contributed by atoms with E-state index in [1.165, 1.54) is 10.4 Å². The highest BCUT2D eigenvalue weighted by Crippen LogP contribution is 2.31. The third-order valence-electron chi connectivity index (χ3n) is 6.37. The summed E-state index contributed by atoms with van der Waals surface area (Å²) in [5, 5.41) is 9.13. The van der Waals surface area contributed by atoms with Gasteiger partial charge in [0.25, 0.3) is 0 Å². The van der Waals surface area contributed by atoms with Gasteiger partial charge in [-0.15, -0.1) is 0 Å². The van der Waals surface area contributed by atoms with Gasteiger partial charge in [-0.05, 0) is 44.2 Å². The summed E-state index contributed by atoms with van der Waals surface area (Å²) in [6.07, 6.45) is 5.55. The number of amides is 1. The summed E-state index contributed by atoms with van der Waals surface area (Å²) in [5.74, 6) is 0.185. The van der Waals surface area contributed by atoms with Gasteiger partial charge in [0.05, 0.1) is 17.1 Å². The van der Waals surface area contributed by atoms with Crippen molar-refractivity contribution in [1.82, 2.24) is 19.4 Å². The van der Waals surface area contributed by atoms with E-state index in [4.69, 9.17) is 10.1 Å². The average molecular weight is 399 g/mol. The summed E-state index contributed by atoms with van der Waals surface area (Å²) in [4.78, 5) is 32.7. The van der Waals surface area contributed by atoms with Crippen molar-refractivity contribution >= 4 is 22.9 Å². The van der Waals surface area contributed by atoms with Crippen molar-refractivity contribution in [1.29, 1.82) is 0 Å². The highest BCUT2D eigenvalue weighted by Gasteiger charge is 2.35. The molecule has 4 rings (SSSR count). The number of carboxylic acid groups (broad SMARTS) is 1. The predicted octanol–water partition coefficient (Wildman–Crippen LogP) is 2.70. The smallest absolute Gasteiger partial charge is 0.323 e. The summed E-state index contributed by atoms with van der Waals surface area (Å²) in [6.45, 7) is 4.23. The third-order valence-corrected chi connectivity index (χ3v) is 6.37. The van der Waals surface area contributed by atoms with Crippen LogP contribution in [0.2, 0.25) is 0 Å². The van der Waals surface area contributed by atoms with Gasteiger partial charge in [-0.3, -0.25) is 14.5 Å². The van der Waals surface area contributed by atoms with Crippen LogP contribution < -0.4 is 0 Å². The second-order valence-corrected chi connectivity index (χ2v) is 8.17. The van der Waals surface area contributed by atoms with Crippen molar-refractivity contribution in [2.24, 2.45) is 0 Å². The van der Waals surface area contributed by atoms with Gasteiger partial charge in [0, 0.05) is 32.1 Å². The zero-order chi connectivity index (χ0) is 20.4. The van der Waals surface area contributed by atoms with Crippen LogP contribution in [0, 0.1) is 0 Å². The Hall–Kier alpha value is -2.41. The number of benzene rings is 1. The molecule has 1 aromatic heterocycles. The molecule has 0 aliphatic carbocycles. The van der Waals surface area contributed by atoms with Crippen molar-refractivity contribution < 1.29 is 14.7 Å². The first-order valence-corrected chi connectivity index (χ1v) is 10.8. The first kappa shape index (κ1) is 19.9. The van der Waals surface area contributed by atoms with Crippen molar-refractivity contribution in [3.05, 3.63) is 30.1 Å². The first-order chi connectivity index (χ1) is 14.1. The van der Waals surface area contributed by atoms with E-state index in [1.807, 2.05) is 6.07 Å². The molecule has 156 valence electrons. The van der Waals surface area contributed by atoms with Crippen LogP contribution in [0.4, 0.5) is 0 Å². The second kappa shape index (κ2) is 8.53. The molecule has 0 spiro atoms. The highest BCUT2D eigenvalue weighted by atomic mass is 16.4. The largest absolute Gasteiger partial charge is 0.480 e. The van der Waals surface area contributed by atoms with E-state index in [2.05, 4.69) is 34.6 Å². The normalized spacial score (nSPS) is 22.2. The van der Waals surface area contributed by atoms with Gasteiger partial charge < -0.3 is 14.6 Å². The molecule has 0 bridgehead atoms. The van der Waals surface area contributed by atoms with Crippen LogP contribution in [0.25, 0.3) is 11.0 Å². The van der Waals surface area contributed by atoms with Crippen LogP contribution in [0.3, 0.4) is 0 Å². The maximum Gasteiger partial charge on any atom is 0.323 e. The minimum absolute atomic E-state index is 0.00863.